The van der Waals surface area contributed by atoms with Crippen LogP contribution in [0.25, 0.3) is 0 Å². The summed E-state index contributed by atoms with van der Waals surface area (Å²) in [6.07, 6.45) is 2.45. The van der Waals surface area contributed by atoms with Crippen LogP contribution in [0.3, 0.4) is 0 Å². The normalized spacial score (nSPS) is 14.9. The second-order valence-electron chi connectivity index (χ2n) is 8.91. The lowest BCUT2D eigenvalue weighted by atomic mass is 9.93. The summed E-state index contributed by atoms with van der Waals surface area (Å²) in [7, 11) is -1.97. The molecule has 0 heterocycles. The predicted octanol–water partition coefficient (Wildman–Crippen LogP) is 6.69. The monoisotopic (exact) mass is 392 g/mol. The van der Waals surface area contributed by atoms with E-state index in [0.717, 1.165) is 6.42 Å². The van der Waals surface area contributed by atoms with Crippen LogP contribution in [0.5, 0.6) is 0 Å². The predicted molar refractivity (Wildman–Crippen MR) is 118 cm³/mol. The van der Waals surface area contributed by atoms with Crippen molar-refractivity contribution in [3.05, 3.63) is 48.6 Å². The summed E-state index contributed by atoms with van der Waals surface area (Å²) in [5.74, 6) is 1.00. The Labute approximate surface area is 165 Å². The highest BCUT2D eigenvalue weighted by Crippen LogP contribution is 2.39. The van der Waals surface area contributed by atoms with Crippen molar-refractivity contribution < 1.29 is 9.22 Å². The van der Waals surface area contributed by atoms with Crippen molar-refractivity contribution in [3.63, 3.8) is 0 Å². The van der Waals surface area contributed by atoms with E-state index < -0.39 is 8.32 Å². The molecule has 2 atom stereocenters. The van der Waals surface area contributed by atoms with Crippen LogP contribution in [0.1, 0.15) is 46.6 Å². The summed E-state index contributed by atoms with van der Waals surface area (Å²) < 4.78 is 6.57. The van der Waals surface area contributed by atoms with Gasteiger partial charge in [-0.1, -0.05) is 82.8 Å². The van der Waals surface area contributed by atoms with Crippen LogP contribution in [0, 0.1) is 11.8 Å². The van der Waals surface area contributed by atoms with Gasteiger partial charge in [0.1, 0.15) is 0 Å². The molecule has 0 radical (unpaired) electrons. The van der Waals surface area contributed by atoms with Crippen molar-refractivity contribution in [3.8, 4) is 0 Å². The molecule has 0 saturated heterocycles. The standard InChI is InChI=1S/C22H36O2SSi/c1-9-20(24-26(7,8)22(4,5)6)19(15-17(2)3)21(23)25-16-18-13-11-10-12-14-18/h9-14,17,19-20H,1,15-16H2,2-8H3. The molecule has 0 spiro atoms. The molecule has 1 aromatic rings. The van der Waals surface area contributed by atoms with Crippen LogP contribution in [0.15, 0.2) is 43.0 Å². The molecule has 1 rings (SSSR count). The Morgan fingerprint density at radius 3 is 2.27 bits per heavy atom. The second-order valence-corrected chi connectivity index (χ2v) is 14.6. The quantitative estimate of drug-likeness (QED) is 0.346. The summed E-state index contributed by atoms with van der Waals surface area (Å²) in [4.78, 5) is 13.0. The Morgan fingerprint density at radius 2 is 1.81 bits per heavy atom. The molecule has 146 valence electrons. The van der Waals surface area contributed by atoms with Crippen LogP contribution in [-0.2, 0) is 15.0 Å². The van der Waals surface area contributed by atoms with Gasteiger partial charge in [-0.3, -0.25) is 4.79 Å². The zero-order valence-corrected chi connectivity index (χ0v) is 19.4. The van der Waals surface area contributed by atoms with Crippen LogP contribution in [-0.4, -0.2) is 19.5 Å². The number of rotatable bonds is 9. The Bertz CT molecular complexity index is 576. The van der Waals surface area contributed by atoms with E-state index in [1.54, 1.807) is 0 Å². The van der Waals surface area contributed by atoms with E-state index in [9.17, 15) is 4.79 Å². The van der Waals surface area contributed by atoms with Gasteiger partial charge in [0.2, 0.25) is 0 Å². The summed E-state index contributed by atoms with van der Waals surface area (Å²) >= 11 is 1.41. The lowest BCUT2D eigenvalue weighted by Gasteiger charge is -2.40. The van der Waals surface area contributed by atoms with Crippen molar-refractivity contribution in [2.75, 3.05) is 0 Å². The van der Waals surface area contributed by atoms with E-state index in [4.69, 9.17) is 4.43 Å². The van der Waals surface area contributed by atoms with Gasteiger partial charge < -0.3 is 4.43 Å². The highest BCUT2D eigenvalue weighted by atomic mass is 32.2. The Morgan fingerprint density at radius 1 is 1.23 bits per heavy atom. The smallest absolute Gasteiger partial charge is 0.195 e. The zero-order chi connectivity index (χ0) is 20.0. The van der Waals surface area contributed by atoms with Gasteiger partial charge in [0.15, 0.2) is 13.4 Å². The third kappa shape index (κ3) is 7.05. The largest absolute Gasteiger partial charge is 0.410 e. The molecular formula is C22H36O2SSi. The molecule has 2 nitrogen and oxygen atoms in total. The first-order chi connectivity index (χ1) is 12.0. The van der Waals surface area contributed by atoms with E-state index in [1.807, 2.05) is 24.3 Å². The first-order valence-corrected chi connectivity index (χ1v) is 13.4. The van der Waals surface area contributed by atoms with Crippen molar-refractivity contribution in [1.29, 1.82) is 0 Å². The van der Waals surface area contributed by atoms with Gasteiger partial charge in [0.05, 0.1) is 12.0 Å². The van der Waals surface area contributed by atoms with Gasteiger partial charge in [-0.2, -0.15) is 0 Å². The third-order valence-electron chi connectivity index (χ3n) is 5.12. The van der Waals surface area contributed by atoms with Crippen molar-refractivity contribution >= 4 is 25.2 Å². The Balaban J connectivity index is 2.91. The highest BCUT2D eigenvalue weighted by molar-refractivity contribution is 8.13. The van der Waals surface area contributed by atoms with Crippen LogP contribution >= 0.6 is 11.8 Å². The third-order valence-corrected chi connectivity index (χ3v) is 10.7. The van der Waals surface area contributed by atoms with Crippen molar-refractivity contribution in [2.45, 2.75) is 71.0 Å². The number of benzene rings is 1. The second kappa shape index (κ2) is 9.91. The molecule has 0 aromatic heterocycles. The fraction of sp³-hybridized carbons (Fsp3) is 0.591. The van der Waals surface area contributed by atoms with Crippen molar-refractivity contribution in [1.82, 2.24) is 0 Å². The van der Waals surface area contributed by atoms with Crippen LogP contribution in [0.2, 0.25) is 18.1 Å². The Kier molecular flexibility index (Phi) is 8.84. The SMILES string of the molecule is C=CC(O[Si](C)(C)C(C)(C)C)C(CC(C)C)C(=O)SCc1ccccc1. The minimum atomic E-state index is -1.97. The first-order valence-electron chi connectivity index (χ1n) is 9.49. The average molecular weight is 393 g/mol. The van der Waals surface area contributed by atoms with E-state index in [1.165, 1.54) is 17.3 Å². The number of hydrogen-bond acceptors (Lipinski definition) is 3. The molecule has 0 fully saturated rings. The molecule has 26 heavy (non-hydrogen) atoms. The molecule has 0 bridgehead atoms. The maximum Gasteiger partial charge on any atom is 0.195 e. The molecule has 0 aliphatic carbocycles. The van der Waals surface area contributed by atoms with Crippen molar-refractivity contribution in [2.24, 2.45) is 11.8 Å². The van der Waals surface area contributed by atoms with Crippen LogP contribution < -0.4 is 0 Å². The molecule has 0 N–H and O–H groups in total. The van der Waals surface area contributed by atoms with Gasteiger partial charge in [-0.05, 0) is 36.0 Å². The van der Waals surface area contributed by atoms with E-state index >= 15 is 0 Å². The lowest BCUT2D eigenvalue weighted by molar-refractivity contribution is -0.117. The molecular weight excluding hydrogens is 356 g/mol. The average Bonchev–Trinajstić information content (AvgIpc) is 2.55. The van der Waals surface area contributed by atoms with Gasteiger partial charge in [-0.15, -0.1) is 6.58 Å². The van der Waals surface area contributed by atoms with Gasteiger partial charge in [-0.25, -0.2) is 0 Å². The lowest BCUT2D eigenvalue weighted by Crippen LogP contribution is -2.46. The summed E-state index contributed by atoms with van der Waals surface area (Å²) in [5, 5.41) is 0.322. The fourth-order valence-electron chi connectivity index (χ4n) is 2.52. The molecule has 0 aliphatic rings. The summed E-state index contributed by atoms with van der Waals surface area (Å²) in [6.45, 7) is 19.5. The van der Waals surface area contributed by atoms with Crippen LogP contribution in [0.4, 0.5) is 0 Å². The number of carbonyl (C=O) groups excluding carboxylic acids is 1. The molecule has 0 amide bonds. The zero-order valence-electron chi connectivity index (χ0n) is 17.5. The Hall–Kier alpha value is -0.843. The minimum absolute atomic E-state index is 0.108. The van der Waals surface area contributed by atoms with E-state index in [0.29, 0.717) is 11.7 Å². The topological polar surface area (TPSA) is 26.3 Å². The number of thioether (sulfide) groups is 1. The fourth-order valence-corrected chi connectivity index (χ4v) is 4.76. The molecule has 0 saturated carbocycles. The maximum atomic E-state index is 13.0. The summed E-state index contributed by atoms with van der Waals surface area (Å²) in [6, 6.07) is 10.2. The maximum absolute atomic E-state index is 13.0. The highest BCUT2D eigenvalue weighted by Gasteiger charge is 2.41. The van der Waals surface area contributed by atoms with Gasteiger partial charge >= 0.3 is 0 Å². The van der Waals surface area contributed by atoms with E-state index in [-0.39, 0.29) is 22.2 Å². The molecule has 2 unspecified atom stereocenters. The first kappa shape index (κ1) is 23.2. The molecule has 4 heteroatoms. The minimum Gasteiger partial charge on any atom is -0.410 e. The van der Waals surface area contributed by atoms with E-state index in [2.05, 4.69) is 66.4 Å². The molecule has 1 aromatic carbocycles. The summed E-state index contributed by atoms with van der Waals surface area (Å²) in [5.41, 5.74) is 1.18. The molecule has 0 aliphatic heterocycles. The number of carbonyl (C=O) groups is 1. The number of hydrogen-bond donors (Lipinski definition) is 0. The van der Waals surface area contributed by atoms with Gasteiger partial charge in [0.25, 0.3) is 0 Å². The van der Waals surface area contributed by atoms with Gasteiger partial charge in [0, 0.05) is 5.75 Å².